The van der Waals surface area contributed by atoms with Gasteiger partial charge in [-0.3, -0.25) is 0 Å². The maximum absolute atomic E-state index is 10.6. The first kappa shape index (κ1) is 9.58. The summed E-state index contributed by atoms with van der Waals surface area (Å²) >= 11 is 0. The van der Waals surface area contributed by atoms with Gasteiger partial charge in [0.1, 0.15) is 11.5 Å². The summed E-state index contributed by atoms with van der Waals surface area (Å²) in [6.45, 7) is 5.13. The number of carboxylic acid groups (broad SMARTS) is 1. The molecule has 0 bridgehead atoms. The van der Waals surface area contributed by atoms with E-state index in [9.17, 15) is 4.79 Å². The zero-order chi connectivity index (χ0) is 10.0. The molecule has 0 radical (unpaired) electrons. The Morgan fingerprint density at radius 2 is 2.00 bits per heavy atom. The van der Waals surface area contributed by atoms with Gasteiger partial charge in [0.2, 0.25) is 0 Å². The van der Waals surface area contributed by atoms with E-state index in [4.69, 9.17) is 9.52 Å². The minimum atomic E-state index is -0.911. The van der Waals surface area contributed by atoms with Crippen LogP contribution < -0.4 is 0 Å². The van der Waals surface area contributed by atoms with Gasteiger partial charge in [-0.2, -0.15) is 0 Å². The monoisotopic (exact) mass is 180 g/mol. The summed E-state index contributed by atoms with van der Waals surface area (Å²) < 4.78 is 5.30. The first-order valence-corrected chi connectivity index (χ1v) is 4.00. The van der Waals surface area contributed by atoms with Gasteiger partial charge in [0, 0.05) is 11.1 Å². The average molecular weight is 180 g/mol. The highest BCUT2D eigenvalue weighted by Crippen LogP contribution is 2.20. The van der Waals surface area contributed by atoms with Crippen molar-refractivity contribution in [2.45, 2.75) is 20.8 Å². The Bertz CT molecular complexity index is 358. The van der Waals surface area contributed by atoms with Crippen molar-refractivity contribution in [2.75, 3.05) is 0 Å². The van der Waals surface area contributed by atoms with Crippen molar-refractivity contribution in [3.8, 4) is 0 Å². The van der Waals surface area contributed by atoms with Gasteiger partial charge in [0.15, 0.2) is 0 Å². The van der Waals surface area contributed by atoms with E-state index in [0.29, 0.717) is 16.9 Å². The van der Waals surface area contributed by atoms with Crippen LogP contribution in [-0.4, -0.2) is 11.1 Å². The first-order chi connectivity index (χ1) is 6.02. The van der Waals surface area contributed by atoms with Crippen LogP contribution in [0, 0.1) is 6.92 Å². The Kier molecular flexibility index (Phi) is 2.56. The van der Waals surface area contributed by atoms with Crippen molar-refractivity contribution in [1.29, 1.82) is 0 Å². The fourth-order valence-electron chi connectivity index (χ4n) is 0.981. The number of aryl methyl sites for hydroxylation is 1. The van der Waals surface area contributed by atoms with Crippen LogP contribution >= 0.6 is 0 Å². The lowest BCUT2D eigenvalue weighted by molar-refractivity contribution is -0.132. The number of allylic oxidation sites excluding steroid dienone is 1. The van der Waals surface area contributed by atoms with Crippen LogP contribution in [0.2, 0.25) is 0 Å². The summed E-state index contributed by atoms with van der Waals surface area (Å²) in [4.78, 5) is 10.6. The third-order valence-corrected chi connectivity index (χ3v) is 1.99. The topological polar surface area (TPSA) is 50.4 Å². The normalized spacial score (nSPS) is 12.5. The number of carboxylic acids is 1. The third-order valence-electron chi connectivity index (χ3n) is 1.99. The van der Waals surface area contributed by atoms with Crippen molar-refractivity contribution in [2.24, 2.45) is 0 Å². The lowest BCUT2D eigenvalue weighted by Gasteiger charge is -1.99. The minimum absolute atomic E-state index is 0.314. The fourth-order valence-corrected chi connectivity index (χ4v) is 0.981. The smallest absolute Gasteiger partial charge is 0.331 e. The Labute approximate surface area is 76.7 Å². The summed E-state index contributed by atoms with van der Waals surface area (Å²) in [5.41, 5.74) is 0.981. The molecule has 1 aromatic rings. The van der Waals surface area contributed by atoms with Crippen LogP contribution in [0.4, 0.5) is 0 Å². The van der Waals surface area contributed by atoms with E-state index >= 15 is 0 Å². The van der Waals surface area contributed by atoms with E-state index in [2.05, 4.69) is 0 Å². The van der Waals surface area contributed by atoms with Crippen LogP contribution in [0.5, 0.6) is 0 Å². The van der Waals surface area contributed by atoms with Gasteiger partial charge < -0.3 is 9.52 Å². The summed E-state index contributed by atoms with van der Waals surface area (Å²) in [6, 6.07) is 3.59. The molecule has 0 aliphatic carbocycles. The van der Waals surface area contributed by atoms with Gasteiger partial charge in [-0.25, -0.2) is 4.79 Å². The molecule has 3 nitrogen and oxygen atoms in total. The van der Waals surface area contributed by atoms with Crippen molar-refractivity contribution in [1.82, 2.24) is 0 Å². The second kappa shape index (κ2) is 3.47. The molecule has 13 heavy (non-hydrogen) atoms. The number of aliphatic carboxylic acids is 1. The van der Waals surface area contributed by atoms with Gasteiger partial charge in [-0.05, 0) is 32.9 Å². The maximum atomic E-state index is 10.6. The fraction of sp³-hybridized carbons (Fsp3) is 0.300. The lowest BCUT2D eigenvalue weighted by atomic mass is 10.1. The standard InChI is InChI=1S/C10H12O3/c1-6-4-5-9(13-6)7(2)8(3)10(11)12/h4-5H,1-3H3,(H,11,12)/b8-7+. The number of hydrogen-bond donors (Lipinski definition) is 1. The second-order valence-corrected chi connectivity index (χ2v) is 2.97. The maximum Gasteiger partial charge on any atom is 0.331 e. The minimum Gasteiger partial charge on any atom is -0.478 e. The quantitative estimate of drug-likeness (QED) is 0.711. The van der Waals surface area contributed by atoms with E-state index in [0.717, 1.165) is 5.76 Å². The number of furan rings is 1. The molecule has 70 valence electrons. The molecule has 0 aliphatic rings. The lowest BCUT2D eigenvalue weighted by Crippen LogP contribution is -1.98. The molecule has 1 heterocycles. The third kappa shape index (κ3) is 1.99. The zero-order valence-electron chi connectivity index (χ0n) is 7.92. The van der Waals surface area contributed by atoms with Crippen molar-refractivity contribution >= 4 is 11.5 Å². The summed E-state index contributed by atoms with van der Waals surface area (Å²) in [5, 5.41) is 8.72. The number of rotatable bonds is 2. The van der Waals surface area contributed by atoms with E-state index in [1.54, 1.807) is 19.9 Å². The van der Waals surface area contributed by atoms with E-state index in [1.165, 1.54) is 0 Å². The van der Waals surface area contributed by atoms with Crippen LogP contribution in [0.3, 0.4) is 0 Å². The molecular formula is C10H12O3. The number of carbonyl (C=O) groups is 1. The molecule has 0 saturated heterocycles. The molecule has 0 saturated carbocycles. The van der Waals surface area contributed by atoms with E-state index in [1.807, 2.05) is 13.0 Å². The first-order valence-electron chi connectivity index (χ1n) is 4.00. The molecule has 0 aromatic carbocycles. The van der Waals surface area contributed by atoms with Crippen LogP contribution in [0.15, 0.2) is 22.1 Å². The zero-order valence-corrected chi connectivity index (χ0v) is 7.92. The largest absolute Gasteiger partial charge is 0.478 e. The Morgan fingerprint density at radius 3 is 2.38 bits per heavy atom. The van der Waals surface area contributed by atoms with Gasteiger partial charge >= 0.3 is 5.97 Å². The highest BCUT2D eigenvalue weighted by atomic mass is 16.4. The predicted molar refractivity (Wildman–Crippen MR) is 49.3 cm³/mol. The highest BCUT2D eigenvalue weighted by molar-refractivity contribution is 5.94. The number of hydrogen-bond acceptors (Lipinski definition) is 2. The molecule has 0 amide bonds. The molecule has 0 aliphatic heterocycles. The Hall–Kier alpha value is -1.51. The summed E-state index contributed by atoms with van der Waals surface area (Å²) in [6.07, 6.45) is 0. The Balaban J connectivity index is 3.09. The Morgan fingerprint density at radius 1 is 1.38 bits per heavy atom. The summed E-state index contributed by atoms with van der Waals surface area (Å²) in [7, 11) is 0. The van der Waals surface area contributed by atoms with Crippen LogP contribution in [0.1, 0.15) is 25.4 Å². The van der Waals surface area contributed by atoms with Crippen molar-refractivity contribution in [3.63, 3.8) is 0 Å². The molecular weight excluding hydrogens is 168 g/mol. The average Bonchev–Trinajstić information content (AvgIpc) is 2.49. The van der Waals surface area contributed by atoms with Gasteiger partial charge in [0.05, 0.1) is 0 Å². The van der Waals surface area contributed by atoms with Crippen molar-refractivity contribution < 1.29 is 14.3 Å². The van der Waals surface area contributed by atoms with Gasteiger partial charge in [-0.15, -0.1) is 0 Å². The molecule has 0 fully saturated rings. The summed E-state index contributed by atoms with van der Waals surface area (Å²) in [5.74, 6) is 0.497. The molecule has 1 N–H and O–H groups in total. The van der Waals surface area contributed by atoms with E-state index < -0.39 is 5.97 Å². The van der Waals surface area contributed by atoms with Gasteiger partial charge in [0.25, 0.3) is 0 Å². The van der Waals surface area contributed by atoms with Crippen LogP contribution in [0.25, 0.3) is 5.57 Å². The van der Waals surface area contributed by atoms with E-state index in [-0.39, 0.29) is 0 Å². The molecule has 1 aromatic heterocycles. The molecule has 0 atom stereocenters. The van der Waals surface area contributed by atoms with Crippen LogP contribution in [-0.2, 0) is 4.79 Å². The molecule has 1 rings (SSSR count). The molecule has 3 heteroatoms. The van der Waals surface area contributed by atoms with Crippen molar-refractivity contribution in [3.05, 3.63) is 29.2 Å². The molecule has 0 spiro atoms. The SMILES string of the molecule is C/C(C(=O)O)=C(/C)c1ccc(C)o1. The van der Waals surface area contributed by atoms with Gasteiger partial charge in [-0.1, -0.05) is 0 Å². The predicted octanol–water partition coefficient (Wildman–Crippen LogP) is 2.47. The second-order valence-electron chi connectivity index (χ2n) is 2.97. The molecule has 0 unspecified atom stereocenters. The highest BCUT2D eigenvalue weighted by Gasteiger charge is 2.09.